The fraction of sp³-hybridized carbons (Fsp3) is 0.353. The van der Waals surface area contributed by atoms with Crippen LogP contribution in [0.4, 0.5) is 0 Å². The van der Waals surface area contributed by atoms with Gasteiger partial charge in [0, 0.05) is 12.0 Å². The van der Waals surface area contributed by atoms with E-state index >= 15 is 0 Å². The van der Waals surface area contributed by atoms with Gasteiger partial charge in [-0.15, -0.1) is 0 Å². The van der Waals surface area contributed by atoms with Gasteiger partial charge in [-0.2, -0.15) is 0 Å². The summed E-state index contributed by atoms with van der Waals surface area (Å²) < 4.78 is 0. The molecule has 2 heteroatoms. The number of Topliss-reactive ketones (excluding diaryl/α,β-unsaturated/α-hetero) is 1. The lowest BCUT2D eigenvalue weighted by molar-refractivity contribution is 0.0978. The van der Waals surface area contributed by atoms with Gasteiger partial charge in [0.05, 0.1) is 0 Å². The van der Waals surface area contributed by atoms with Gasteiger partial charge in [0.1, 0.15) is 0 Å². The zero-order chi connectivity index (χ0) is 13.7. The molecule has 100 valence electrons. The number of fused-ring (bicyclic) bond motifs is 1. The van der Waals surface area contributed by atoms with E-state index < -0.39 is 0 Å². The zero-order valence-electron chi connectivity index (χ0n) is 11.7. The minimum Gasteiger partial charge on any atom is -0.309 e. The van der Waals surface area contributed by atoms with Crippen molar-refractivity contribution in [2.75, 3.05) is 20.6 Å². The van der Waals surface area contributed by atoms with Gasteiger partial charge < -0.3 is 4.90 Å². The molecule has 0 bridgehead atoms. The number of hydrogen-bond acceptors (Lipinski definition) is 2. The lowest BCUT2D eigenvalue weighted by Crippen LogP contribution is -2.13. The Hall–Kier alpha value is -1.67. The molecule has 2 aromatic rings. The largest absolute Gasteiger partial charge is 0.309 e. The highest BCUT2D eigenvalue weighted by atomic mass is 16.1. The van der Waals surface area contributed by atoms with E-state index in [-0.39, 0.29) is 5.78 Å². The first-order chi connectivity index (χ1) is 9.16. The van der Waals surface area contributed by atoms with Crippen molar-refractivity contribution in [1.29, 1.82) is 0 Å². The van der Waals surface area contributed by atoms with E-state index in [4.69, 9.17) is 0 Å². The molecular formula is C17H21NO. The van der Waals surface area contributed by atoms with E-state index in [0.29, 0.717) is 6.42 Å². The molecule has 0 aliphatic carbocycles. The predicted octanol–water partition coefficient (Wildman–Crippen LogP) is 3.75. The molecule has 0 fully saturated rings. The van der Waals surface area contributed by atoms with E-state index in [2.05, 4.69) is 31.1 Å². The number of rotatable bonds is 6. The lowest BCUT2D eigenvalue weighted by atomic mass is 10.0. The third kappa shape index (κ3) is 3.90. The Morgan fingerprint density at radius 1 is 1.00 bits per heavy atom. The highest BCUT2D eigenvalue weighted by molar-refractivity contribution is 5.99. The van der Waals surface area contributed by atoms with Crippen LogP contribution in [-0.4, -0.2) is 31.3 Å². The van der Waals surface area contributed by atoms with Gasteiger partial charge in [0.2, 0.25) is 0 Å². The molecule has 0 spiro atoms. The third-order valence-electron chi connectivity index (χ3n) is 3.33. The van der Waals surface area contributed by atoms with Crippen LogP contribution in [0.5, 0.6) is 0 Å². The maximum Gasteiger partial charge on any atom is 0.162 e. The Morgan fingerprint density at radius 2 is 1.74 bits per heavy atom. The van der Waals surface area contributed by atoms with Crippen LogP contribution in [-0.2, 0) is 0 Å². The number of ketones is 1. The molecule has 0 saturated carbocycles. The number of hydrogen-bond donors (Lipinski definition) is 0. The summed E-state index contributed by atoms with van der Waals surface area (Å²) in [6.45, 7) is 1.05. The zero-order valence-corrected chi connectivity index (χ0v) is 11.7. The summed E-state index contributed by atoms with van der Waals surface area (Å²) in [5, 5.41) is 2.33. The van der Waals surface area contributed by atoms with Crippen molar-refractivity contribution in [3.63, 3.8) is 0 Å². The monoisotopic (exact) mass is 255 g/mol. The van der Waals surface area contributed by atoms with Crippen molar-refractivity contribution < 1.29 is 4.79 Å². The van der Waals surface area contributed by atoms with Crippen molar-refractivity contribution in [3.05, 3.63) is 48.0 Å². The summed E-state index contributed by atoms with van der Waals surface area (Å²) in [7, 11) is 4.12. The molecule has 0 aliphatic rings. The average Bonchev–Trinajstić information content (AvgIpc) is 2.42. The van der Waals surface area contributed by atoms with Gasteiger partial charge in [-0.05, 0) is 50.3 Å². The van der Waals surface area contributed by atoms with Crippen molar-refractivity contribution >= 4 is 16.6 Å². The minimum atomic E-state index is 0.254. The first-order valence-electron chi connectivity index (χ1n) is 6.83. The SMILES string of the molecule is CN(C)CCCCC(=O)c1ccc2ccccc2c1. The van der Waals surface area contributed by atoms with Crippen molar-refractivity contribution in [3.8, 4) is 0 Å². The second kappa shape index (κ2) is 6.48. The van der Waals surface area contributed by atoms with Crippen molar-refractivity contribution in [1.82, 2.24) is 4.90 Å². The van der Waals surface area contributed by atoms with Crippen molar-refractivity contribution in [2.24, 2.45) is 0 Å². The van der Waals surface area contributed by atoms with Crippen molar-refractivity contribution in [2.45, 2.75) is 19.3 Å². The Bertz CT molecular complexity index is 560. The Kier molecular flexibility index (Phi) is 4.69. The normalized spacial score (nSPS) is 11.1. The molecule has 0 amide bonds. The number of benzene rings is 2. The van der Waals surface area contributed by atoms with E-state index in [1.165, 1.54) is 5.39 Å². The molecule has 0 aromatic heterocycles. The third-order valence-corrected chi connectivity index (χ3v) is 3.33. The second-order valence-electron chi connectivity index (χ2n) is 5.25. The summed E-state index contributed by atoms with van der Waals surface area (Å²) in [6, 6.07) is 14.1. The Balaban J connectivity index is 1.97. The van der Waals surface area contributed by atoms with Crippen LogP contribution >= 0.6 is 0 Å². The second-order valence-corrected chi connectivity index (χ2v) is 5.25. The van der Waals surface area contributed by atoms with E-state index in [0.717, 1.165) is 30.3 Å². The lowest BCUT2D eigenvalue weighted by Gasteiger charge is -2.08. The van der Waals surface area contributed by atoms with Gasteiger partial charge >= 0.3 is 0 Å². The van der Waals surface area contributed by atoms with Gasteiger partial charge in [-0.3, -0.25) is 4.79 Å². The highest BCUT2D eigenvalue weighted by Crippen LogP contribution is 2.17. The predicted molar refractivity (Wildman–Crippen MR) is 80.7 cm³/mol. The molecule has 0 atom stereocenters. The van der Waals surface area contributed by atoms with Crippen LogP contribution in [0.25, 0.3) is 10.8 Å². The molecule has 0 saturated heterocycles. The summed E-state index contributed by atoms with van der Waals surface area (Å²) in [6.07, 6.45) is 2.68. The summed E-state index contributed by atoms with van der Waals surface area (Å²) in [5.41, 5.74) is 0.837. The van der Waals surface area contributed by atoms with E-state index in [9.17, 15) is 4.79 Å². The first kappa shape index (κ1) is 13.8. The summed E-state index contributed by atoms with van der Waals surface area (Å²) in [5.74, 6) is 0.254. The summed E-state index contributed by atoms with van der Waals surface area (Å²) >= 11 is 0. The number of carbonyl (C=O) groups excluding carboxylic acids is 1. The minimum absolute atomic E-state index is 0.254. The number of unbranched alkanes of at least 4 members (excludes halogenated alkanes) is 1. The molecule has 0 radical (unpaired) electrons. The number of nitrogens with zero attached hydrogens (tertiary/aromatic N) is 1. The maximum absolute atomic E-state index is 12.1. The first-order valence-corrected chi connectivity index (χ1v) is 6.83. The van der Waals surface area contributed by atoms with Crippen LogP contribution in [0.3, 0.4) is 0 Å². The summed E-state index contributed by atoms with van der Waals surface area (Å²) in [4.78, 5) is 14.3. The molecule has 2 aromatic carbocycles. The Labute approximate surface area is 115 Å². The maximum atomic E-state index is 12.1. The molecule has 2 rings (SSSR count). The van der Waals surface area contributed by atoms with Crippen LogP contribution in [0, 0.1) is 0 Å². The topological polar surface area (TPSA) is 20.3 Å². The van der Waals surface area contributed by atoms with E-state index in [1.54, 1.807) is 0 Å². The fourth-order valence-electron chi connectivity index (χ4n) is 2.22. The van der Waals surface area contributed by atoms with Crippen LogP contribution in [0.15, 0.2) is 42.5 Å². The molecule has 0 N–H and O–H groups in total. The van der Waals surface area contributed by atoms with Crippen LogP contribution in [0.2, 0.25) is 0 Å². The molecule has 19 heavy (non-hydrogen) atoms. The van der Waals surface area contributed by atoms with Crippen LogP contribution < -0.4 is 0 Å². The number of carbonyl (C=O) groups is 1. The van der Waals surface area contributed by atoms with Gasteiger partial charge in [0.25, 0.3) is 0 Å². The standard InChI is InChI=1S/C17H21NO/c1-18(2)12-6-5-9-17(19)16-11-10-14-7-3-4-8-15(14)13-16/h3-4,7-8,10-11,13H,5-6,9,12H2,1-2H3. The molecular weight excluding hydrogens is 234 g/mol. The van der Waals surface area contributed by atoms with Gasteiger partial charge in [0.15, 0.2) is 5.78 Å². The average molecular weight is 255 g/mol. The molecule has 2 nitrogen and oxygen atoms in total. The Morgan fingerprint density at radius 3 is 2.47 bits per heavy atom. The molecule has 0 heterocycles. The molecule has 0 unspecified atom stereocenters. The fourth-order valence-corrected chi connectivity index (χ4v) is 2.22. The molecule has 0 aliphatic heterocycles. The van der Waals surface area contributed by atoms with E-state index in [1.807, 2.05) is 30.3 Å². The van der Waals surface area contributed by atoms with Gasteiger partial charge in [-0.25, -0.2) is 0 Å². The van der Waals surface area contributed by atoms with Crippen LogP contribution in [0.1, 0.15) is 29.6 Å². The highest BCUT2D eigenvalue weighted by Gasteiger charge is 2.06. The van der Waals surface area contributed by atoms with Gasteiger partial charge in [-0.1, -0.05) is 36.4 Å². The smallest absolute Gasteiger partial charge is 0.162 e. The quantitative estimate of drug-likeness (QED) is 0.578.